The number of anilines is 1. The number of amides is 2. The number of nitrogens with zero attached hydrogens (tertiary/aromatic N) is 4. The molecule has 2 saturated heterocycles. The average molecular weight is 375 g/mol. The number of methoxy groups -OCH3 is 1. The molecule has 0 aromatic carbocycles. The minimum atomic E-state index is -0.212. The van der Waals surface area contributed by atoms with Gasteiger partial charge in [0.05, 0.1) is 31.5 Å². The van der Waals surface area contributed by atoms with Crippen molar-refractivity contribution in [3.05, 3.63) is 18.0 Å². The lowest BCUT2D eigenvalue weighted by Gasteiger charge is -2.34. The van der Waals surface area contributed by atoms with Gasteiger partial charge in [0.25, 0.3) is 0 Å². The number of aromatic nitrogens is 2. The van der Waals surface area contributed by atoms with Gasteiger partial charge in [-0.1, -0.05) is 0 Å². The Labute approximate surface area is 160 Å². The zero-order chi connectivity index (χ0) is 18.6. The lowest BCUT2D eigenvalue weighted by molar-refractivity contribution is -0.0184. The van der Waals surface area contributed by atoms with E-state index in [-0.39, 0.29) is 18.2 Å². The van der Waals surface area contributed by atoms with Gasteiger partial charge >= 0.3 is 6.03 Å². The zero-order valence-electron chi connectivity index (χ0n) is 16.0. The Balaban J connectivity index is 1.38. The summed E-state index contributed by atoms with van der Waals surface area (Å²) in [6.07, 6.45) is 6.28. The quantitative estimate of drug-likeness (QED) is 0.813. The zero-order valence-corrected chi connectivity index (χ0v) is 16.0. The molecule has 27 heavy (non-hydrogen) atoms. The fourth-order valence-corrected chi connectivity index (χ4v) is 3.85. The van der Waals surface area contributed by atoms with E-state index in [0.29, 0.717) is 32.2 Å². The van der Waals surface area contributed by atoms with Crippen LogP contribution in [0.15, 0.2) is 12.3 Å². The molecule has 1 saturated carbocycles. The molecule has 1 aromatic rings. The van der Waals surface area contributed by atoms with Crippen LogP contribution in [0.1, 0.15) is 37.5 Å². The van der Waals surface area contributed by atoms with E-state index in [2.05, 4.69) is 15.2 Å². The molecule has 3 heterocycles. The smallest absolute Gasteiger partial charge is 0.317 e. The molecule has 1 aliphatic carbocycles. The van der Waals surface area contributed by atoms with Gasteiger partial charge < -0.3 is 24.6 Å². The molecule has 0 unspecified atom stereocenters. The molecule has 3 fully saturated rings. The fourth-order valence-electron chi connectivity index (χ4n) is 3.85. The minimum absolute atomic E-state index is 0.0360. The number of urea groups is 1. The Bertz CT molecular complexity index is 648. The summed E-state index contributed by atoms with van der Waals surface area (Å²) < 4.78 is 11.2. The van der Waals surface area contributed by atoms with Crippen molar-refractivity contribution in [3.63, 3.8) is 0 Å². The molecule has 4 rings (SSSR count). The molecule has 1 N–H and O–H groups in total. The molecule has 0 spiro atoms. The second kappa shape index (κ2) is 8.39. The van der Waals surface area contributed by atoms with E-state index >= 15 is 0 Å². The molecular weight excluding hydrogens is 346 g/mol. The van der Waals surface area contributed by atoms with E-state index in [1.165, 1.54) is 25.7 Å². The number of carbonyl (C=O) groups excluding carboxylic acids is 1. The van der Waals surface area contributed by atoms with Gasteiger partial charge in [0.15, 0.2) is 0 Å². The molecular formula is C19H29N5O3. The van der Waals surface area contributed by atoms with E-state index in [0.717, 1.165) is 24.7 Å². The predicted molar refractivity (Wildman–Crippen MR) is 101 cm³/mol. The Morgan fingerprint density at radius 1 is 1.37 bits per heavy atom. The van der Waals surface area contributed by atoms with Crippen molar-refractivity contribution in [1.82, 2.24) is 20.2 Å². The SMILES string of the molecule is COC[C@H](NC(=O)N1CCO[C@H](c2ccnc(N3CCCC3)n2)C1)C1CC1. The third kappa shape index (κ3) is 4.50. The maximum absolute atomic E-state index is 12.7. The topological polar surface area (TPSA) is 79.8 Å². The van der Waals surface area contributed by atoms with Crippen LogP contribution >= 0.6 is 0 Å². The van der Waals surface area contributed by atoms with Gasteiger partial charge in [0.1, 0.15) is 6.10 Å². The first-order valence-electron chi connectivity index (χ1n) is 9.98. The number of carbonyl (C=O) groups is 1. The summed E-state index contributed by atoms with van der Waals surface area (Å²) in [5.41, 5.74) is 0.847. The maximum Gasteiger partial charge on any atom is 0.317 e. The fraction of sp³-hybridized carbons (Fsp3) is 0.737. The standard InChI is InChI=1S/C19H29N5O3/c1-26-13-16(14-4-5-14)22-19(25)24-10-11-27-17(12-24)15-6-7-20-18(21-15)23-8-2-3-9-23/h6-7,14,16-17H,2-5,8-13H2,1H3,(H,22,25)/t16-,17-/m0/s1. The van der Waals surface area contributed by atoms with E-state index in [1.54, 1.807) is 13.3 Å². The van der Waals surface area contributed by atoms with Crippen LogP contribution < -0.4 is 10.2 Å². The molecule has 8 nitrogen and oxygen atoms in total. The van der Waals surface area contributed by atoms with Gasteiger partial charge in [-0.05, 0) is 37.7 Å². The number of hydrogen-bond donors (Lipinski definition) is 1. The Hall–Kier alpha value is -1.93. The van der Waals surface area contributed by atoms with Crippen molar-refractivity contribution < 1.29 is 14.3 Å². The van der Waals surface area contributed by atoms with Gasteiger partial charge in [0, 0.05) is 32.9 Å². The largest absolute Gasteiger partial charge is 0.383 e. The summed E-state index contributed by atoms with van der Waals surface area (Å²) in [6, 6.07) is 1.96. The predicted octanol–water partition coefficient (Wildman–Crippen LogP) is 1.58. The normalized spacial score (nSPS) is 24.1. The molecule has 2 amide bonds. The molecule has 0 bridgehead atoms. The molecule has 2 atom stereocenters. The Kier molecular flexibility index (Phi) is 5.73. The molecule has 3 aliphatic rings. The Morgan fingerprint density at radius 3 is 2.93 bits per heavy atom. The van der Waals surface area contributed by atoms with Crippen LogP contribution in [0, 0.1) is 5.92 Å². The Morgan fingerprint density at radius 2 is 2.19 bits per heavy atom. The summed E-state index contributed by atoms with van der Waals surface area (Å²) >= 11 is 0. The molecule has 1 aromatic heterocycles. The molecule has 148 valence electrons. The van der Waals surface area contributed by atoms with E-state index in [9.17, 15) is 4.79 Å². The lowest BCUT2D eigenvalue weighted by Crippen LogP contribution is -2.51. The number of ether oxygens (including phenoxy) is 2. The number of hydrogen-bond acceptors (Lipinski definition) is 6. The van der Waals surface area contributed by atoms with Gasteiger partial charge in [-0.2, -0.15) is 0 Å². The third-order valence-electron chi connectivity index (χ3n) is 5.58. The highest BCUT2D eigenvalue weighted by Gasteiger charge is 2.34. The second-order valence-electron chi connectivity index (χ2n) is 7.63. The van der Waals surface area contributed by atoms with Crippen LogP contribution in [0.3, 0.4) is 0 Å². The number of rotatable bonds is 6. The monoisotopic (exact) mass is 375 g/mol. The first-order valence-corrected chi connectivity index (χ1v) is 9.98. The van der Waals surface area contributed by atoms with Crippen LogP contribution in [0.4, 0.5) is 10.7 Å². The van der Waals surface area contributed by atoms with Gasteiger partial charge in [-0.25, -0.2) is 14.8 Å². The second-order valence-corrected chi connectivity index (χ2v) is 7.63. The maximum atomic E-state index is 12.7. The summed E-state index contributed by atoms with van der Waals surface area (Å²) in [7, 11) is 1.68. The van der Waals surface area contributed by atoms with Crippen LogP contribution in [0.5, 0.6) is 0 Å². The van der Waals surface area contributed by atoms with Crippen LogP contribution in [0.2, 0.25) is 0 Å². The summed E-state index contributed by atoms with van der Waals surface area (Å²) in [5, 5.41) is 3.14. The lowest BCUT2D eigenvalue weighted by atomic mass is 10.2. The minimum Gasteiger partial charge on any atom is -0.383 e. The van der Waals surface area contributed by atoms with Crippen LogP contribution in [-0.4, -0.2) is 73.4 Å². The van der Waals surface area contributed by atoms with Gasteiger partial charge in [-0.3, -0.25) is 0 Å². The van der Waals surface area contributed by atoms with Crippen molar-refractivity contribution >= 4 is 12.0 Å². The van der Waals surface area contributed by atoms with Gasteiger partial charge in [-0.15, -0.1) is 0 Å². The first-order chi connectivity index (χ1) is 13.2. The van der Waals surface area contributed by atoms with Crippen LogP contribution in [-0.2, 0) is 9.47 Å². The average Bonchev–Trinajstić information content (AvgIpc) is 3.41. The van der Waals surface area contributed by atoms with Crippen molar-refractivity contribution in [2.75, 3.05) is 51.4 Å². The summed E-state index contributed by atoms with van der Waals surface area (Å²) in [4.78, 5) is 25.9. The summed E-state index contributed by atoms with van der Waals surface area (Å²) in [5.74, 6) is 1.32. The van der Waals surface area contributed by atoms with E-state index < -0.39 is 0 Å². The highest BCUT2D eigenvalue weighted by atomic mass is 16.5. The first kappa shape index (κ1) is 18.4. The van der Waals surface area contributed by atoms with Crippen molar-refractivity contribution in [1.29, 1.82) is 0 Å². The van der Waals surface area contributed by atoms with Crippen molar-refractivity contribution in [3.8, 4) is 0 Å². The molecule has 0 radical (unpaired) electrons. The highest BCUT2D eigenvalue weighted by molar-refractivity contribution is 5.74. The molecule has 8 heteroatoms. The number of nitrogens with one attached hydrogen (secondary N) is 1. The van der Waals surface area contributed by atoms with Crippen molar-refractivity contribution in [2.45, 2.75) is 37.8 Å². The third-order valence-corrected chi connectivity index (χ3v) is 5.58. The molecule has 2 aliphatic heterocycles. The van der Waals surface area contributed by atoms with E-state index in [1.807, 2.05) is 11.0 Å². The van der Waals surface area contributed by atoms with E-state index in [4.69, 9.17) is 14.5 Å². The highest BCUT2D eigenvalue weighted by Crippen LogP contribution is 2.33. The number of morpholine rings is 1. The van der Waals surface area contributed by atoms with Gasteiger partial charge in [0.2, 0.25) is 5.95 Å². The van der Waals surface area contributed by atoms with Crippen LogP contribution in [0.25, 0.3) is 0 Å². The van der Waals surface area contributed by atoms with Crippen molar-refractivity contribution in [2.24, 2.45) is 5.92 Å². The summed E-state index contributed by atoms with van der Waals surface area (Å²) in [6.45, 7) is 4.19.